The second-order valence-electron chi connectivity index (χ2n) is 3.86. The maximum atomic E-state index is 12.1. The van der Waals surface area contributed by atoms with Gasteiger partial charge in [0.05, 0.1) is 10.5 Å². The third-order valence-electron chi connectivity index (χ3n) is 2.46. The minimum Gasteiger partial charge on any atom is -0.316 e. The Morgan fingerprint density at radius 1 is 1.33 bits per heavy atom. The van der Waals surface area contributed by atoms with Crippen molar-refractivity contribution >= 4 is 56.4 Å². The number of carbonyl (C=O) groups excluding carboxylic acids is 1. The number of halogens is 3. The first kappa shape index (κ1) is 15.7. The largest absolute Gasteiger partial charge is 0.316 e. The minimum absolute atomic E-state index is 0.00711. The number of nitrogens with one attached hydrogen (secondary N) is 1. The van der Waals surface area contributed by atoms with Gasteiger partial charge in [-0.2, -0.15) is 0 Å². The molecule has 9 heteroatoms. The lowest BCUT2D eigenvalue weighted by atomic mass is 10.2. The number of nitro groups is 1. The number of rotatable bonds is 3. The fourth-order valence-corrected chi connectivity index (χ4v) is 2.22. The summed E-state index contributed by atoms with van der Waals surface area (Å²) in [5.74, 6) is -0.612. The molecule has 0 atom stereocenters. The maximum absolute atomic E-state index is 12.1. The van der Waals surface area contributed by atoms with E-state index < -0.39 is 10.8 Å². The van der Waals surface area contributed by atoms with Gasteiger partial charge in [0, 0.05) is 21.8 Å². The number of aromatic nitrogens is 1. The Morgan fingerprint density at radius 2 is 2.05 bits per heavy atom. The van der Waals surface area contributed by atoms with Crippen molar-refractivity contribution in [2.45, 2.75) is 0 Å². The molecule has 0 aliphatic rings. The van der Waals surface area contributed by atoms with E-state index in [1.54, 1.807) is 0 Å². The highest BCUT2D eigenvalue weighted by atomic mass is 79.9. The quantitative estimate of drug-likeness (QED) is 0.480. The molecule has 1 aromatic carbocycles. The van der Waals surface area contributed by atoms with Crippen LogP contribution in [0, 0.1) is 10.1 Å². The van der Waals surface area contributed by atoms with Gasteiger partial charge in [-0.1, -0.05) is 23.2 Å². The van der Waals surface area contributed by atoms with Crippen LogP contribution in [0.15, 0.2) is 34.9 Å². The molecule has 0 bridgehead atoms. The molecular formula is C12H6BrCl2N3O3. The van der Waals surface area contributed by atoms with Crippen molar-refractivity contribution in [3.05, 3.63) is 60.8 Å². The van der Waals surface area contributed by atoms with E-state index in [4.69, 9.17) is 23.2 Å². The average molecular weight is 391 g/mol. The molecule has 0 saturated carbocycles. The third-order valence-corrected chi connectivity index (χ3v) is 3.42. The van der Waals surface area contributed by atoms with Gasteiger partial charge in [0.1, 0.15) is 10.8 Å². The number of amides is 1. The monoisotopic (exact) mass is 389 g/mol. The molecule has 1 aromatic heterocycles. The Balaban J connectivity index is 2.36. The Kier molecular flexibility index (Phi) is 4.76. The number of nitro benzene ring substituents is 1. The number of hydrogen-bond donors (Lipinski definition) is 1. The van der Waals surface area contributed by atoms with Crippen LogP contribution in [0.1, 0.15) is 10.4 Å². The topological polar surface area (TPSA) is 85.1 Å². The van der Waals surface area contributed by atoms with Crippen molar-refractivity contribution in [3.8, 4) is 0 Å². The van der Waals surface area contributed by atoms with Gasteiger partial charge in [-0.15, -0.1) is 0 Å². The highest BCUT2D eigenvalue weighted by molar-refractivity contribution is 9.10. The molecular weight excluding hydrogens is 385 g/mol. The summed E-state index contributed by atoms with van der Waals surface area (Å²) in [6.45, 7) is 0. The van der Waals surface area contributed by atoms with Gasteiger partial charge in [0.25, 0.3) is 11.6 Å². The van der Waals surface area contributed by atoms with Crippen molar-refractivity contribution in [2.75, 3.05) is 5.32 Å². The van der Waals surface area contributed by atoms with Crippen LogP contribution in [-0.2, 0) is 0 Å². The number of benzene rings is 1. The second-order valence-corrected chi connectivity index (χ2v) is 5.57. The molecule has 6 nitrogen and oxygen atoms in total. The molecule has 2 aromatic rings. The highest BCUT2D eigenvalue weighted by Gasteiger charge is 2.19. The standard InChI is InChI=1S/C12H6BrCl2N3O3/c13-6-3-8(11(15)16-5-6)12(19)17-9-2-1-7(14)4-10(9)18(20)21/h1-5H,(H,17,19). The van der Waals surface area contributed by atoms with E-state index in [1.807, 2.05) is 0 Å². The first-order valence-corrected chi connectivity index (χ1v) is 6.99. The molecule has 0 spiro atoms. The third kappa shape index (κ3) is 3.69. The average Bonchev–Trinajstić information content (AvgIpc) is 2.43. The van der Waals surface area contributed by atoms with Crippen LogP contribution in [0.5, 0.6) is 0 Å². The second kappa shape index (κ2) is 6.38. The lowest BCUT2D eigenvalue weighted by Gasteiger charge is -2.07. The summed E-state index contributed by atoms with van der Waals surface area (Å²) in [4.78, 5) is 26.3. The van der Waals surface area contributed by atoms with Crippen molar-refractivity contribution in [1.29, 1.82) is 0 Å². The van der Waals surface area contributed by atoms with Crippen LogP contribution in [-0.4, -0.2) is 15.8 Å². The summed E-state index contributed by atoms with van der Waals surface area (Å²) in [6.07, 6.45) is 1.43. The zero-order valence-corrected chi connectivity index (χ0v) is 13.2. The predicted molar refractivity (Wildman–Crippen MR) is 83.0 cm³/mol. The summed E-state index contributed by atoms with van der Waals surface area (Å²) < 4.78 is 0.558. The molecule has 1 N–H and O–H groups in total. The smallest absolute Gasteiger partial charge is 0.294 e. The molecule has 2 rings (SSSR count). The van der Waals surface area contributed by atoms with E-state index in [-0.39, 0.29) is 27.1 Å². The molecule has 108 valence electrons. The first-order valence-electron chi connectivity index (χ1n) is 5.45. The number of anilines is 1. The van der Waals surface area contributed by atoms with Crippen molar-refractivity contribution in [2.24, 2.45) is 0 Å². The minimum atomic E-state index is -0.637. The molecule has 21 heavy (non-hydrogen) atoms. The maximum Gasteiger partial charge on any atom is 0.294 e. The molecule has 0 radical (unpaired) electrons. The molecule has 1 amide bonds. The van der Waals surface area contributed by atoms with Gasteiger partial charge in [-0.3, -0.25) is 14.9 Å². The highest BCUT2D eigenvalue weighted by Crippen LogP contribution is 2.29. The fraction of sp³-hybridized carbons (Fsp3) is 0. The van der Waals surface area contributed by atoms with E-state index >= 15 is 0 Å². The number of carbonyl (C=O) groups is 1. The number of nitrogens with zero attached hydrogens (tertiary/aromatic N) is 2. The van der Waals surface area contributed by atoms with Gasteiger partial charge in [-0.25, -0.2) is 4.98 Å². The summed E-state index contributed by atoms with van der Waals surface area (Å²) in [5.41, 5.74) is -0.198. The first-order chi connectivity index (χ1) is 9.88. The molecule has 0 aliphatic heterocycles. The molecule has 0 aliphatic carbocycles. The van der Waals surface area contributed by atoms with Crippen LogP contribution in [0.3, 0.4) is 0 Å². The van der Waals surface area contributed by atoms with Crippen LogP contribution in [0.4, 0.5) is 11.4 Å². The van der Waals surface area contributed by atoms with Gasteiger partial charge in [0.15, 0.2) is 0 Å². The summed E-state index contributed by atoms with van der Waals surface area (Å²) >= 11 is 14.7. The lowest BCUT2D eigenvalue weighted by Crippen LogP contribution is -2.14. The van der Waals surface area contributed by atoms with Crippen LogP contribution < -0.4 is 5.32 Å². The van der Waals surface area contributed by atoms with Gasteiger partial charge in [-0.05, 0) is 34.1 Å². The van der Waals surface area contributed by atoms with Crippen LogP contribution in [0.2, 0.25) is 10.2 Å². The van der Waals surface area contributed by atoms with E-state index in [0.29, 0.717) is 4.47 Å². The van der Waals surface area contributed by atoms with E-state index in [1.165, 1.54) is 24.4 Å². The fourth-order valence-electron chi connectivity index (χ4n) is 1.53. The molecule has 0 unspecified atom stereocenters. The Labute approximate surface area is 137 Å². The number of pyridine rings is 1. The Bertz CT molecular complexity index is 740. The van der Waals surface area contributed by atoms with Gasteiger partial charge >= 0.3 is 0 Å². The zero-order valence-electron chi connectivity index (χ0n) is 10.1. The lowest BCUT2D eigenvalue weighted by molar-refractivity contribution is -0.383. The normalized spacial score (nSPS) is 10.2. The van der Waals surface area contributed by atoms with E-state index in [0.717, 1.165) is 6.07 Å². The summed E-state index contributed by atoms with van der Waals surface area (Å²) in [5, 5.41) is 13.6. The SMILES string of the molecule is O=C(Nc1ccc(Cl)cc1[N+](=O)[O-])c1cc(Br)cnc1Cl. The van der Waals surface area contributed by atoms with Gasteiger partial charge in [0.2, 0.25) is 0 Å². The predicted octanol–water partition coefficient (Wildman–Crippen LogP) is 4.31. The van der Waals surface area contributed by atoms with Crippen LogP contribution >= 0.6 is 39.1 Å². The van der Waals surface area contributed by atoms with Crippen LogP contribution in [0.25, 0.3) is 0 Å². The molecule has 0 fully saturated rings. The van der Waals surface area contributed by atoms with E-state index in [9.17, 15) is 14.9 Å². The van der Waals surface area contributed by atoms with Gasteiger partial charge < -0.3 is 5.32 Å². The summed E-state index contributed by atoms with van der Waals surface area (Å²) in [6, 6.07) is 5.40. The zero-order chi connectivity index (χ0) is 15.6. The number of hydrogen-bond acceptors (Lipinski definition) is 4. The molecule has 0 saturated heterocycles. The summed E-state index contributed by atoms with van der Waals surface area (Å²) in [7, 11) is 0. The Hall–Kier alpha value is -1.70. The van der Waals surface area contributed by atoms with Crippen molar-refractivity contribution < 1.29 is 9.72 Å². The van der Waals surface area contributed by atoms with E-state index in [2.05, 4.69) is 26.2 Å². The van der Waals surface area contributed by atoms with Crippen molar-refractivity contribution in [1.82, 2.24) is 4.98 Å². The van der Waals surface area contributed by atoms with Crippen molar-refractivity contribution in [3.63, 3.8) is 0 Å². The molecule has 1 heterocycles. The Morgan fingerprint density at radius 3 is 2.71 bits per heavy atom.